The van der Waals surface area contributed by atoms with E-state index >= 15 is 0 Å². The molecular formula is C17H24N4OS. The minimum atomic E-state index is 0.0109. The van der Waals surface area contributed by atoms with Crippen LogP contribution in [0.15, 0.2) is 29.6 Å². The highest BCUT2D eigenvalue weighted by Gasteiger charge is 2.09. The quantitative estimate of drug-likeness (QED) is 0.817. The lowest BCUT2D eigenvalue weighted by Gasteiger charge is -2.13. The summed E-state index contributed by atoms with van der Waals surface area (Å²) >= 11 is 1.64. The zero-order valence-corrected chi connectivity index (χ0v) is 14.9. The number of anilines is 2. The Labute approximate surface area is 141 Å². The predicted octanol–water partition coefficient (Wildman–Crippen LogP) is 3.20. The number of aromatic nitrogens is 1. The van der Waals surface area contributed by atoms with Crippen molar-refractivity contribution < 1.29 is 4.79 Å². The number of hydrogen-bond acceptors (Lipinski definition) is 5. The molecule has 2 rings (SSSR count). The third kappa shape index (κ3) is 5.33. The second kappa shape index (κ2) is 8.08. The Morgan fingerprint density at radius 2 is 2.00 bits per heavy atom. The SMILES string of the molecule is Cc1nc([C@H](C)NCCC(=O)Nc2ccc(N(C)C)cc2)cs1. The smallest absolute Gasteiger partial charge is 0.225 e. The summed E-state index contributed by atoms with van der Waals surface area (Å²) in [6, 6.07) is 7.97. The van der Waals surface area contributed by atoms with Crippen molar-refractivity contribution in [3.63, 3.8) is 0 Å². The first-order valence-electron chi connectivity index (χ1n) is 7.68. The number of benzene rings is 1. The molecule has 0 bridgehead atoms. The molecule has 0 radical (unpaired) electrons. The summed E-state index contributed by atoms with van der Waals surface area (Å²) in [5.74, 6) is 0.0109. The van der Waals surface area contributed by atoms with E-state index in [0.29, 0.717) is 13.0 Å². The molecule has 2 N–H and O–H groups in total. The molecule has 2 aromatic rings. The van der Waals surface area contributed by atoms with E-state index < -0.39 is 0 Å². The van der Waals surface area contributed by atoms with Gasteiger partial charge in [0, 0.05) is 49.9 Å². The topological polar surface area (TPSA) is 57.3 Å². The van der Waals surface area contributed by atoms with Gasteiger partial charge in [0.2, 0.25) is 5.91 Å². The van der Waals surface area contributed by atoms with Crippen LogP contribution in [-0.2, 0) is 4.79 Å². The van der Waals surface area contributed by atoms with E-state index in [2.05, 4.69) is 27.9 Å². The van der Waals surface area contributed by atoms with E-state index in [-0.39, 0.29) is 11.9 Å². The van der Waals surface area contributed by atoms with Crippen LogP contribution in [0, 0.1) is 6.92 Å². The number of thiazole rings is 1. The normalized spacial score (nSPS) is 12.0. The molecule has 1 aromatic carbocycles. The summed E-state index contributed by atoms with van der Waals surface area (Å²) in [7, 11) is 3.98. The highest BCUT2D eigenvalue weighted by Crippen LogP contribution is 2.17. The summed E-state index contributed by atoms with van der Waals surface area (Å²) in [4.78, 5) is 18.5. The zero-order chi connectivity index (χ0) is 16.8. The van der Waals surface area contributed by atoms with Gasteiger partial charge in [-0.05, 0) is 38.1 Å². The molecule has 1 heterocycles. The Balaban J connectivity index is 1.74. The Kier molecular flexibility index (Phi) is 6.12. The Morgan fingerprint density at radius 3 is 2.57 bits per heavy atom. The second-order valence-electron chi connectivity index (χ2n) is 5.71. The molecule has 1 aromatic heterocycles. The van der Waals surface area contributed by atoms with Crippen molar-refractivity contribution in [2.24, 2.45) is 0 Å². The standard InChI is InChI=1S/C17H24N4OS/c1-12(16-11-23-13(2)19-16)18-10-9-17(22)20-14-5-7-15(8-6-14)21(3)4/h5-8,11-12,18H,9-10H2,1-4H3,(H,20,22)/t12-/m0/s1. The lowest BCUT2D eigenvalue weighted by atomic mass is 10.2. The number of aryl methyl sites for hydroxylation is 1. The number of carbonyl (C=O) groups is 1. The monoisotopic (exact) mass is 332 g/mol. The van der Waals surface area contributed by atoms with Crippen molar-refractivity contribution in [2.75, 3.05) is 30.9 Å². The first-order valence-corrected chi connectivity index (χ1v) is 8.56. The van der Waals surface area contributed by atoms with Gasteiger partial charge in [-0.3, -0.25) is 4.79 Å². The van der Waals surface area contributed by atoms with Crippen LogP contribution in [0.1, 0.15) is 30.1 Å². The van der Waals surface area contributed by atoms with Crippen molar-refractivity contribution in [1.82, 2.24) is 10.3 Å². The Hall–Kier alpha value is -1.92. The van der Waals surface area contributed by atoms with Gasteiger partial charge in [0.05, 0.1) is 10.7 Å². The Bertz CT molecular complexity index is 636. The first kappa shape index (κ1) is 17.4. The maximum absolute atomic E-state index is 12.0. The number of nitrogens with one attached hydrogen (secondary N) is 2. The summed E-state index contributed by atoms with van der Waals surface area (Å²) in [6.07, 6.45) is 0.433. The van der Waals surface area contributed by atoms with Gasteiger partial charge in [0.15, 0.2) is 0 Å². The fourth-order valence-corrected chi connectivity index (χ4v) is 2.86. The summed E-state index contributed by atoms with van der Waals surface area (Å²) in [5, 5.41) is 9.36. The Morgan fingerprint density at radius 1 is 1.30 bits per heavy atom. The van der Waals surface area contributed by atoms with Crippen molar-refractivity contribution in [3.8, 4) is 0 Å². The molecule has 6 heteroatoms. The summed E-state index contributed by atoms with van der Waals surface area (Å²) < 4.78 is 0. The van der Waals surface area contributed by atoms with E-state index in [4.69, 9.17) is 0 Å². The maximum atomic E-state index is 12.0. The highest BCUT2D eigenvalue weighted by atomic mass is 32.1. The number of rotatable bonds is 7. The van der Waals surface area contributed by atoms with Gasteiger partial charge in [-0.25, -0.2) is 4.98 Å². The minimum Gasteiger partial charge on any atom is -0.378 e. The van der Waals surface area contributed by atoms with Crippen LogP contribution in [0.2, 0.25) is 0 Å². The molecule has 23 heavy (non-hydrogen) atoms. The number of amides is 1. The molecule has 0 saturated heterocycles. The van der Waals surface area contributed by atoms with Gasteiger partial charge in [-0.15, -0.1) is 11.3 Å². The molecule has 0 aliphatic rings. The van der Waals surface area contributed by atoms with Gasteiger partial charge in [0.1, 0.15) is 0 Å². The lowest BCUT2D eigenvalue weighted by molar-refractivity contribution is -0.116. The highest BCUT2D eigenvalue weighted by molar-refractivity contribution is 7.09. The van der Waals surface area contributed by atoms with E-state index in [1.165, 1.54) is 0 Å². The van der Waals surface area contributed by atoms with Crippen molar-refractivity contribution in [1.29, 1.82) is 0 Å². The summed E-state index contributed by atoms with van der Waals surface area (Å²) in [6.45, 7) is 4.68. The largest absolute Gasteiger partial charge is 0.378 e. The average Bonchev–Trinajstić information content (AvgIpc) is 2.94. The zero-order valence-electron chi connectivity index (χ0n) is 14.1. The van der Waals surface area contributed by atoms with Crippen LogP contribution in [0.25, 0.3) is 0 Å². The van der Waals surface area contributed by atoms with Crippen LogP contribution in [0.4, 0.5) is 11.4 Å². The molecule has 0 unspecified atom stereocenters. The molecule has 0 saturated carbocycles. The number of hydrogen-bond donors (Lipinski definition) is 2. The van der Waals surface area contributed by atoms with E-state index in [1.54, 1.807) is 11.3 Å². The van der Waals surface area contributed by atoms with Crippen LogP contribution in [0.3, 0.4) is 0 Å². The molecule has 1 atom stereocenters. The van der Waals surface area contributed by atoms with Crippen molar-refractivity contribution in [2.45, 2.75) is 26.3 Å². The van der Waals surface area contributed by atoms with E-state index in [0.717, 1.165) is 22.1 Å². The van der Waals surface area contributed by atoms with Crippen molar-refractivity contribution in [3.05, 3.63) is 40.3 Å². The molecule has 0 fully saturated rings. The predicted molar refractivity (Wildman–Crippen MR) is 97.3 cm³/mol. The molecular weight excluding hydrogens is 308 g/mol. The van der Waals surface area contributed by atoms with Gasteiger partial charge in [-0.2, -0.15) is 0 Å². The molecule has 5 nitrogen and oxygen atoms in total. The minimum absolute atomic E-state index is 0.0109. The third-order valence-corrected chi connectivity index (χ3v) is 4.34. The molecule has 0 spiro atoms. The van der Waals surface area contributed by atoms with Gasteiger partial charge in [-0.1, -0.05) is 0 Å². The second-order valence-corrected chi connectivity index (χ2v) is 6.77. The van der Waals surface area contributed by atoms with Gasteiger partial charge >= 0.3 is 0 Å². The average molecular weight is 332 g/mol. The molecule has 0 aliphatic carbocycles. The third-order valence-electron chi connectivity index (χ3n) is 3.55. The van der Waals surface area contributed by atoms with E-state index in [9.17, 15) is 4.79 Å². The first-order chi connectivity index (χ1) is 11.0. The van der Waals surface area contributed by atoms with Crippen molar-refractivity contribution >= 4 is 28.6 Å². The lowest BCUT2D eigenvalue weighted by Crippen LogP contribution is -2.24. The van der Waals surface area contributed by atoms with Gasteiger partial charge < -0.3 is 15.5 Å². The molecule has 1 amide bonds. The fraction of sp³-hybridized carbons (Fsp3) is 0.412. The maximum Gasteiger partial charge on any atom is 0.225 e. The summed E-state index contributed by atoms with van der Waals surface area (Å²) in [5.41, 5.74) is 2.97. The molecule has 0 aliphatic heterocycles. The van der Waals surface area contributed by atoms with Crippen LogP contribution >= 0.6 is 11.3 Å². The van der Waals surface area contributed by atoms with E-state index in [1.807, 2.05) is 50.2 Å². The van der Waals surface area contributed by atoms with Gasteiger partial charge in [0.25, 0.3) is 0 Å². The fourth-order valence-electron chi connectivity index (χ4n) is 2.15. The van der Waals surface area contributed by atoms with Crippen LogP contribution in [-0.4, -0.2) is 31.5 Å². The van der Waals surface area contributed by atoms with Crippen LogP contribution in [0.5, 0.6) is 0 Å². The molecule has 124 valence electrons. The number of nitrogens with zero attached hydrogens (tertiary/aromatic N) is 2. The van der Waals surface area contributed by atoms with Crippen LogP contribution < -0.4 is 15.5 Å². The number of carbonyl (C=O) groups excluding carboxylic acids is 1.